The van der Waals surface area contributed by atoms with Crippen LogP contribution in [-0.4, -0.2) is 37.6 Å². The Morgan fingerprint density at radius 3 is 2.79 bits per heavy atom. The molecule has 1 fully saturated rings. The molecule has 2 aliphatic rings. The smallest absolute Gasteiger partial charge is 0.229 e. The number of methoxy groups -OCH3 is 1. The van der Waals surface area contributed by atoms with Crippen LogP contribution in [0.25, 0.3) is 0 Å². The van der Waals surface area contributed by atoms with Crippen LogP contribution < -0.4 is 9.47 Å². The average Bonchev–Trinajstić information content (AvgIpc) is 2.73. The molecule has 0 radical (unpaired) electrons. The van der Waals surface area contributed by atoms with Crippen molar-refractivity contribution in [1.29, 1.82) is 0 Å². The summed E-state index contributed by atoms with van der Waals surface area (Å²) in [6, 6.07) is 12.6. The van der Waals surface area contributed by atoms with Gasteiger partial charge in [-0.05, 0) is 73.1 Å². The van der Waals surface area contributed by atoms with Gasteiger partial charge in [-0.1, -0.05) is 12.1 Å². The van der Waals surface area contributed by atoms with E-state index in [4.69, 9.17) is 9.47 Å². The van der Waals surface area contributed by atoms with E-state index in [-0.39, 0.29) is 17.6 Å². The Bertz CT molecular complexity index is 845. The molecule has 4 rings (SSSR count). The van der Waals surface area contributed by atoms with Crippen molar-refractivity contribution < 1.29 is 18.7 Å². The van der Waals surface area contributed by atoms with Gasteiger partial charge in [-0.2, -0.15) is 0 Å². The molecule has 1 saturated heterocycles. The van der Waals surface area contributed by atoms with Gasteiger partial charge < -0.3 is 14.4 Å². The third-order valence-corrected chi connectivity index (χ3v) is 5.86. The molecule has 0 bridgehead atoms. The zero-order chi connectivity index (χ0) is 19.5. The molecule has 1 atom stereocenters. The largest absolute Gasteiger partial charge is 0.497 e. The summed E-state index contributed by atoms with van der Waals surface area (Å²) in [7, 11) is 1.64. The topological polar surface area (TPSA) is 38.8 Å². The predicted molar refractivity (Wildman–Crippen MR) is 105 cm³/mol. The first-order valence-corrected chi connectivity index (χ1v) is 9.95. The molecule has 148 valence electrons. The summed E-state index contributed by atoms with van der Waals surface area (Å²) in [5.74, 6) is 1.99. The maximum atomic E-state index is 13.4. The second-order valence-electron chi connectivity index (χ2n) is 7.79. The number of amides is 1. The first-order chi connectivity index (χ1) is 13.6. The van der Waals surface area contributed by atoms with E-state index in [0.717, 1.165) is 55.0 Å². The maximum Gasteiger partial charge on any atom is 0.229 e. The Labute approximate surface area is 165 Å². The van der Waals surface area contributed by atoms with Crippen molar-refractivity contribution >= 4 is 5.91 Å². The van der Waals surface area contributed by atoms with Crippen molar-refractivity contribution in [2.24, 2.45) is 11.8 Å². The van der Waals surface area contributed by atoms with Crippen LogP contribution in [0.3, 0.4) is 0 Å². The third-order valence-electron chi connectivity index (χ3n) is 5.86. The molecule has 0 spiro atoms. The number of rotatable bonds is 4. The maximum absolute atomic E-state index is 13.4. The minimum Gasteiger partial charge on any atom is -0.497 e. The predicted octanol–water partition coefficient (Wildman–Crippen LogP) is 3.87. The van der Waals surface area contributed by atoms with Gasteiger partial charge in [0.25, 0.3) is 0 Å². The highest BCUT2D eigenvalue weighted by molar-refractivity contribution is 5.80. The number of hydrogen-bond donors (Lipinski definition) is 0. The number of likely N-dealkylation sites (tertiary alicyclic amines) is 1. The van der Waals surface area contributed by atoms with Crippen molar-refractivity contribution in [3.8, 4) is 11.5 Å². The lowest BCUT2D eigenvalue weighted by Crippen LogP contribution is -2.45. The molecule has 0 saturated carbocycles. The summed E-state index contributed by atoms with van der Waals surface area (Å²) in [6.45, 7) is 1.96. The van der Waals surface area contributed by atoms with E-state index < -0.39 is 0 Å². The SMILES string of the molecule is COc1ccc2c(c1)CC(C(=O)N1CCC(Cc3cccc(F)c3)CC1)CO2. The molecule has 2 aromatic carbocycles. The van der Waals surface area contributed by atoms with Crippen LogP contribution in [0.15, 0.2) is 42.5 Å². The average molecular weight is 383 g/mol. The number of hydrogen-bond acceptors (Lipinski definition) is 3. The van der Waals surface area contributed by atoms with E-state index in [1.54, 1.807) is 19.2 Å². The molecule has 0 aromatic heterocycles. The number of halogens is 1. The number of carbonyl (C=O) groups excluding carboxylic acids is 1. The van der Waals surface area contributed by atoms with Gasteiger partial charge in [-0.25, -0.2) is 4.39 Å². The number of nitrogens with zero attached hydrogens (tertiary/aromatic N) is 1. The molecule has 4 nitrogen and oxygen atoms in total. The Hall–Kier alpha value is -2.56. The lowest BCUT2D eigenvalue weighted by Gasteiger charge is -2.35. The van der Waals surface area contributed by atoms with Gasteiger partial charge in [0.15, 0.2) is 0 Å². The lowest BCUT2D eigenvalue weighted by molar-refractivity contribution is -0.138. The Kier molecular flexibility index (Phi) is 5.51. The minimum absolute atomic E-state index is 0.139. The third kappa shape index (κ3) is 4.13. The van der Waals surface area contributed by atoms with Crippen LogP contribution in [0.1, 0.15) is 24.0 Å². The highest BCUT2D eigenvalue weighted by atomic mass is 19.1. The van der Waals surface area contributed by atoms with Crippen LogP contribution in [-0.2, 0) is 17.6 Å². The van der Waals surface area contributed by atoms with Crippen molar-refractivity contribution in [2.75, 3.05) is 26.8 Å². The quantitative estimate of drug-likeness (QED) is 0.805. The molecular formula is C23H26FNO3. The van der Waals surface area contributed by atoms with E-state index in [1.807, 2.05) is 29.2 Å². The summed E-state index contributed by atoms with van der Waals surface area (Å²) in [4.78, 5) is 15.0. The molecule has 1 amide bonds. The van der Waals surface area contributed by atoms with Crippen LogP contribution in [0.2, 0.25) is 0 Å². The number of piperidine rings is 1. The number of benzene rings is 2. The van der Waals surface area contributed by atoms with E-state index in [9.17, 15) is 9.18 Å². The van der Waals surface area contributed by atoms with Crippen LogP contribution in [0.4, 0.5) is 4.39 Å². The van der Waals surface area contributed by atoms with E-state index in [1.165, 1.54) is 6.07 Å². The second kappa shape index (κ2) is 8.21. The first kappa shape index (κ1) is 18.8. The van der Waals surface area contributed by atoms with Crippen molar-refractivity contribution in [2.45, 2.75) is 25.7 Å². The van der Waals surface area contributed by atoms with Gasteiger partial charge in [-0.15, -0.1) is 0 Å². The molecule has 0 N–H and O–H groups in total. The normalized spacial score (nSPS) is 19.6. The molecule has 2 aromatic rings. The molecule has 1 unspecified atom stereocenters. The van der Waals surface area contributed by atoms with Gasteiger partial charge >= 0.3 is 0 Å². The van der Waals surface area contributed by atoms with Crippen LogP contribution in [0, 0.1) is 17.7 Å². The van der Waals surface area contributed by atoms with Crippen LogP contribution >= 0.6 is 0 Å². The van der Waals surface area contributed by atoms with Gasteiger partial charge in [0.1, 0.15) is 23.9 Å². The highest BCUT2D eigenvalue weighted by Gasteiger charge is 2.32. The fourth-order valence-corrected chi connectivity index (χ4v) is 4.27. The molecule has 2 aliphatic heterocycles. The number of fused-ring (bicyclic) bond motifs is 1. The summed E-state index contributed by atoms with van der Waals surface area (Å²) < 4.78 is 24.5. The fourth-order valence-electron chi connectivity index (χ4n) is 4.27. The molecule has 28 heavy (non-hydrogen) atoms. The molecule has 5 heteroatoms. The zero-order valence-electron chi connectivity index (χ0n) is 16.2. The summed E-state index contributed by atoms with van der Waals surface area (Å²) in [5.41, 5.74) is 2.07. The van der Waals surface area contributed by atoms with Crippen molar-refractivity contribution in [3.63, 3.8) is 0 Å². The first-order valence-electron chi connectivity index (χ1n) is 9.95. The van der Waals surface area contributed by atoms with Gasteiger partial charge in [0.2, 0.25) is 5.91 Å². The van der Waals surface area contributed by atoms with Crippen molar-refractivity contribution in [1.82, 2.24) is 4.90 Å². The van der Waals surface area contributed by atoms with E-state index >= 15 is 0 Å². The van der Waals surface area contributed by atoms with Crippen molar-refractivity contribution in [3.05, 3.63) is 59.4 Å². The zero-order valence-corrected chi connectivity index (χ0v) is 16.2. The van der Waals surface area contributed by atoms with Gasteiger partial charge in [-0.3, -0.25) is 4.79 Å². The fraction of sp³-hybridized carbons (Fsp3) is 0.435. The standard InChI is InChI=1S/C23H26FNO3/c1-27-21-5-6-22-18(14-21)13-19(15-28-22)23(26)25-9-7-16(8-10-25)11-17-3-2-4-20(24)12-17/h2-6,12,14,16,19H,7-11,13,15H2,1H3. The summed E-state index contributed by atoms with van der Waals surface area (Å²) >= 11 is 0. The number of carbonyl (C=O) groups is 1. The Morgan fingerprint density at radius 1 is 1.21 bits per heavy atom. The Balaban J connectivity index is 1.32. The highest BCUT2D eigenvalue weighted by Crippen LogP contribution is 2.32. The monoisotopic (exact) mass is 383 g/mol. The summed E-state index contributed by atoms with van der Waals surface area (Å²) in [5, 5.41) is 0. The van der Waals surface area contributed by atoms with E-state index in [2.05, 4.69) is 0 Å². The van der Waals surface area contributed by atoms with Gasteiger partial charge in [0, 0.05) is 13.1 Å². The minimum atomic E-state index is -0.181. The van der Waals surface area contributed by atoms with E-state index in [0.29, 0.717) is 18.9 Å². The van der Waals surface area contributed by atoms with Crippen LogP contribution in [0.5, 0.6) is 11.5 Å². The lowest BCUT2D eigenvalue weighted by atomic mass is 9.89. The molecule has 0 aliphatic carbocycles. The molecule has 2 heterocycles. The van der Waals surface area contributed by atoms with Gasteiger partial charge in [0.05, 0.1) is 13.0 Å². The summed E-state index contributed by atoms with van der Waals surface area (Å²) in [6.07, 6.45) is 3.48. The molecular weight excluding hydrogens is 357 g/mol. The number of ether oxygens (including phenoxy) is 2. The Morgan fingerprint density at radius 2 is 2.04 bits per heavy atom. The second-order valence-corrected chi connectivity index (χ2v) is 7.79.